The highest BCUT2D eigenvalue weighted by atomic mass is 16.2. The highest BCUT2D eigenvalue weighted by Crippen LogP contribution is 2.23. The third-order valence-electron chi connectivity index (χ3n) is 5.33. The van der Waals surface area contributed by atoms with Crippen LogP contribution in [0.3, 0.4) is 0 Å². The molecule has 156 valence electrons. The largest absolute Gasteiger partial charge is 0.345 e. The summed E-state index contributed by atoms with van der Waals surface area (Å²) in [5.74, 6) is 0.123. The maximum atomic E-state index is 12.6. The Hall–Kier alpha value is -3.64. The van der Waals surface area contributed by atoms with Crippen LogP contribution in [-0.2, 0) is 17.6 Å². The third-order valence-corrected chi connectivity index (χ3v) is 5.33. The van der Waals surface area contributed by atoms with Crippen molar-refractivity contribution >= 4 is 17.6 Å². The van der Waals surface area contributed by atoms with Crippen LogP contribution in [0.2, 0.25) is 0 Å². The van der Waals surface area contributed by atoms with Crippen molar-refractivity contribution in [2.75, 3.05) is 13.6 Å². The summed E-state index contributed by atoms with van der Waals surface area (Å²) in [4.78, 5) is 14.4. The molecule has 3 nitrogen and oxygen atoms in total. The lowest BCUT2D eigenvalue weighted by atomic mass is 9.98. The van der Waals surface area contributed by atoms with Crippen LogP contribution in [0.4, 0.5) is 0 Å². The van der Waals surface area contributed by atoms with Crippen LogP contribution < -0.4 is 0 Å². The summed E-state index contributed by atoms with van der Waals surface area (Å²) in [6.07, 6.45) is 4.59. The molecule has 0 saturated heterocycles. The average Bonchev–Trinajstić information content (AvgIpc) is 2.82. The van der Waals surface area contributed by atoms with Gasteiger partial charge >= 0.3 is 0 Å². The first-order chi connectivity index (χ1) is 15.2. The van der Waals surface area contributed by atoms with Crippen LogP contribution in [0, 0.1) is 11.3 Å². The van der Waals surface area contributed by atoms with E-state index in [0.29, 0.717) is 25.8 Å². The van der Waals surface area contributed by atoms with Crippen molar-refractivity contribution < 1.29 is 4.79 Å². The molecule has 0 N–H and O–H groups in total. The Morgan fingerprint density at radius 2 is 1.55 bits per heavy atom. The summed E-state index contributed by atoms with van der Waals surface area (Å²) >= 11 is 0. The third kappa shape index (κ3) is 6.97. The number of nitriles is 1. The Kier molecular flexibility index (Phi) is 8.20. The summed E-state index contributed by atoms with van der Waals surface area (Å²) in [5.41, 5.74) is 5.60. The topological polar surface area (TPSA) is 44.1 Å². The van der Waals surface area contributed by atoms with Gasteiger partial charge in [0.2, 0.25) is 5.91 Å². The number of carbonyl (C=O) groups is 1. The van der Waals surface area contributed by atoms with Gasteiger partial charge in [0.15, 0.2) is 0 Å². The number of allylic oxidation sites excluding steroid dienone is 1. The van der Waals surface area contributed by atoms with E-state index in [1.54, 1.807) is 4.90 Å². The summed E-state index contributed by atoms with van der Waals surface area (Å²) in [7, 11) is 1.86. The number of hydrogen-bond donors (Lipinski definition) is 0. The van der Waals surface area contributed by atoms with Gasteiger partial charge in [-0.2, -0.15) is 5.26 Å². The van der Waals surface area contributed by atoms with E-state index in [4.69, 9.17) is 5.26 Å². The Bertz CT molecular complexity index is 1030. The first kappa shape index (κ1) is 22.1. The number of carbonyl (C=O) groups excluding carboxylic acids is 1. The minimum absolute atomic E-state index is 0.123. The van der Waals surface area contributed by atoms with Crippen molar-refractivity contribution in [1.82, 2.24) is 4.90 Å². The maximum absolute atomic E-state index is 12.6. The fourth-order valence-electron chi connectivity index (χ4n) is 3.45. The molecule has 0 aromatic heterocycles. The minimum atomic E-state index is 0.123. The molecule has 31 heavy (non-hydrogen) atoms. The molecule has 0 atom stereocenters. The lowest BCUT2D eigenvalue weighted by Crippen LogP contribution is -2.30. The van der Waals surface area contributed by atoms with Crippen molar-refractivity contribution in [3.8, 4) is 6.07 Å². The molecule has 0 heterocycles. The molecule has 3 aromatic carbocycles. The van der Waals surface area contributed by atoms with Crippen molar-refractivity contribution in [2.45, 2.75) is 25.7 Å². The SMILES string of the molecule is CN(CCc1ccccc1)C(=O)Cc1ccc(C=C(CCC#N)c2ccccc2)cc1. The van der Waals surface area contributed by atoms with E-state index in [1.165, 1.54) is 5.56 Å². The lowest BCUT2D eigenvalue weighted by Gasteiger charge is -2.17. The average molecular weight is 409 g/mol. The number of rotatable bonds is 9. The lowest BCUT2D eigenvalue weighted by molar-refractivity contribution is -0.129. The predicted molar refractivity (Wildman–Crippen MR) is 127 cm³/mol. The molecule has 0 radical (unpaired) electrons. The highest BCUT2D eigenvalue weighted by molar-refractivity contribution is 5.82. The molecular formula is C28H28N2O. The minimum Gasteiger partial charge on any atom is -0.345 e. The Labute approximate surface area is 185 Å². The second kappa shape index (κ2) is 11.5. The molecule has 0 aliphatic rings. The zero-order chi connectivity index (χ0) is 21.9. The standard InChI is InChI=1S/C28H28N2O/c1-30(20-18-23-9-4-2-5-10-23)28(31)22-25-16-14-24(15-17-25)21-27(13-8-19-29)26-11-6-3-7-12-26/h2-7,9-12,14-17,21H,8,13,18,20,22H2,1H3. The summed E-state index contributed by atoms with van der Waals surface area (Å²) in [5, 5.41) is 8.98. The van der Waals surface area contributed by atoms with Crippen LogP contribution in [-0.4, -0.2) is 24.4 Å². The molecule has 0 bridgehead atoms. The van der Waals surface area contributed by atoms with E-state index in [-0.39, 0.29) is 5.91 Å². The van der Waals surface area contributed by atoms with Crippen LogP contribution in [0.5, 0.6) is 0 Å². The second-order valence-corrected chi connectivity index (χ2v) is 7.66. The van der Waals surface area contributed by atoms with Crippen LogP contribution >= 0.6 is 0 Å². The molecule has 3 aromatic rings. The van der Waals surface area contributed by atoms with E-state index < -0.39 is 0 Å². The van der Waals surface area contributed by atoms with Crippen molar-refractivity contribution in [2.24, 2.45) is 0 Å². The summed E-state index contributed by atoms with van der Waals surface area (Å²) in [6, 6.07) is 30.7. The molecule has 0 saturated carbocycles. The van der Waals surface area contributed by atoms with Gasteiger partial charge in [-0.05, 0) is 40.7 Å². The normalized spacial score (nSPS) is 11.0. The molecule has 0 aliphatic carbocycles. The van der Waals surface area contributed by atoms with Gasteiger partial charge in [0.05, 0.1) is 12.5 Å². The number of nitrogens with zero attached hydrogens (tertiary/aromatic N) is 2. The van der Waals surface area contributed by atoms with Crippen molar-refractivity contribution in [3.63, 3.8) is 0 Å². The fraction of sp³-hybridized carbons (Fsp3) is 0.214. The molecule has 3 heteroatoms. The molecular weight excluding hydrogens is 380 g/mol. The molecule has 0 fully saturated rings. The zero-order valence-electron chi connectivity index (χ0n) is 18.0. The fourth-order valence-corrected chi connectivity index (χ4v) is 3.45. The van der Waals surface area contributed by atoms with Gasteiger partial charge in [0.1, 0.15) is 0 Å². The monoisotopic (exact) mass is 408 g/mol. The van der Waals surface area contributed by atoms with E-state index >= 15 is 0 Å². The number of benzene rings is 3. The summed E-state index contributed by atoms with van der Waals surface area (Å²) in [6.45, 7) is 0.711. The van der Waals surface area contributed by atoms with Gasteiger partial charge in [-0.1, -0.05) is 91.0 Å². The van der Waals surface area contributed by atoms with Crippen LogP contribution in [0.1, 0.15) is 35.1 Å². The van der Waals surface area contributed by atoms with E-state index in [0.717, 1.165) is 28.7 Å². The molecule has 3 rings (SSSR count). The van der Waals surface area contributed by atoms with Gasteiger partial charge in [-0.15, -0.1) is 0 Å². The van der Waals surface area contributed by atoms with Gasteiger partial charge in [0, 0.05) is 20.0 Å². The second-order valence-electron chi connectivity index (χ2n) is 7.66. The molecule has 1 amide bonds. The number of hydrogen-bond acceptors (Lipinski definition) is 2. The van der Waals surface area contributed by atoms with Crippen LogP contribution in [0.25, 0.3) is 11.6 Å². The number of amides is 1. The van der Waals surface area contributed by atoms with Gasteiger partial charge in [-0.25, -0.2) is 0 Å². The van der Waals surface area contributed by atoms with Crippen molar-refractivity contribution in [3.05, 3.63) is 107 Å². The van der Waals surface area contributed by atoms with Crippen LogP contribution in [0.15, 0.2) is 84.9 Å². The van der Waals surface area contributed by atoms with Crippen molar-refractivity contribution in [1.29, 1.82) is 5.26 Å². The predicted octanol–water partition coefficient (Wildman–Crippen LogP) is 5.77. The van der Waals surface area contributed by atoms with E-state index in [1.807, 2.05) is 67.7 Å². The van der Waals surface area contributed by atoms with E-state index in [2.05, 4.69) is 36.4 Å². The smallest absolute Gasteiger partial charge is 0.226 e. The first-order valence-corrected chi connectivity index (χ1v) is 10.7. The molecule has 0 spiro atoms. The van der Waals surface area contributed by atoms with Gasteiger partial charge in [-0.3, -0.25) is 4.79 Å². The first-order valence-electron chi connectivity index (χ1n) is 10.7. The van der Waals surface area contributed by atoms with Gasteiger partial charge in [0.25, 0.3) is 0 Å². The van der Waals surface area contributed by atoms with Gasteiger partial charge < -0.3 is 4.90 Å². The quantitative estimate of drug-likeness (QED) is 0.422. The molecule has 0 unspecified atom stereocenters. The Balaban J connectivity index is 1.61. The summed E-state index contributed by atoms with van der Waals surface area (Å²) < 4.78 is 0. The molecule has 0 aliphatic heterocycles. The maximum Gasteiger partial charge on any atom is 0.226 e. The number of likely N-dealkylation sites (N-methyl/N-ethyl adjacent to an activating group) is 1. The Morgan fingerprint density at radius 3 is 2.19 bits per heavy atom. The highest BCUT2D eigenvalue weighted by Gasteiger charge is 2.10. The zero-order valence-corrected chi connectivity index (χ0v) is 18.0. The Morgan fingerprint density at radius 1 is 0.903 bits per heavy atom. The van der Waals surface area contributed by atoms with E-state index in [9.17, 15) is 4.79 Å².